The topological polar surface area (TPSA) is 60.0 Å². The lowest BCUT2D eigenvalue weighted by Gasteiger charge is -2.28. The average molecular weight is 255 g/mol. The van der Waals surface area contributed by atoms with Crippen molar-refractivity contribution in [3.8, 4) is 0 Å². The molecule has 3 N–H and O–H groups in total. The normalized spacial score (nSPS) is 14.9. The van der Waals surface area contributed by atoms with Crippen LogP contribution in [0.3, 0.4) is 0 Å². The minimum Gasteiger partial charge on any atom is -0.399 e. The third-order valence-corrected chi connectivity index (χ3v) is 3.62. The Morgan fingerprint density at radius 1 is 1.26 bits per heavy atom. The third kappa shape index (κ3) is 2.34. The van der Waals surface area contributed by atoms with E-state index in [1.807, 2.05) is 30.5 Å². The first-order chi connectivity index (χ1) is 9.24. The van der Waals surface area contributed by atoms with Crippen LogP contribution in [0.1, 0.15) is 35.8 Å². The molecule has 0 atom stereocenters. The van der Waals surface area contributed by atoms with Crippen molar-refractivity contribution >= 4 is 17.3 Å². The first-order valence-electron chi connectivity index (χ1n) is 6.58. The van der Waals surface area contributed by atoms with E-state index in [1.165, 1.54) is 6.42 Å². The molecule has 0 aliphatic heterocycles. The number of hydrogen-bond donors (Lipinski definition) is 2. The molecule has 0 saturated heterocycles. The lowest BCUT2D eigenvalue weighted by atomic mass is 9.93. The summed E-state index contributed by atoms with van der Waals surface area (Å²) in [4.78, 5) is 12.3. The molecule has 2 aromatic rings. The molecule has 4 nitrogen and oxygen atoms in total. The average Bonchev–Trinajstić information content (AvgIpc) is 2.75. The van der Waals surface area contributed by atoms with Gasteiger partial charge < -0.3 is 15.6 Å². The highest BCUT2D eigenvalue weighted by Gasteiger charge is 2.23. The first-order valence-corrected chi connectivity index (χ1v) is 6.58. The smallest absolute Gasteiger partial charge is 0.272 e. The molecule has 1 aliphatic rings. The van der Waals surface area contributed by atoms with Crippen molar-refractivity contribution < 1.29 is 4.79 Å². The summed E-state index contributed by atoms with van der Waals surface area (Å²) in [6.45, 7) is 0. The van der Waals surface area contributed by atoms with Crippen LogP contribution in [0.25, 0.3) is 0 Å². The van der Waals surface area contributed by atoms with Gasteiger partial charge in [-0.15, -0.1) is 0 Å². The van der Waals surface area contributed by atoms with Crippen molar-refractivity contribution in [2.45, 2.75) is 25.3 Å². The number of aromatic nitrogens is 1. The monoisotopic (exact) mass is 255 g/mol. The van der Waals surface area contributed by atoms with Gasteiger partial charge >= 0.3 is 0 Å². The van der Waals surface area contributed by atoms with E-state index in [2.05, 4.69) is 9.88 Å². The maximum absolute atomic E-state index is 12.3. The highest BCUT2D eigenvalue weighted by Crippen LogP contribution is 2.32. The molecule has 1 amide bonds. The standard InChI is InChI=1S/C15H17N3O/c16-11-4-1-5-12(10-11)17-15(19)14-8-3-9-18(14)13-6-2-7-13/h1,3-5,8-10,13H,2,6-7,16H2,(H,17,19). The number of carbonyl (C=O) groups is 1. The number of carbonyl (C=O) groups excluding carboxylic acids is 1. The molecule has 1 aliphatic carbocycles. The Morgan fingerprint density at radius 2 is 2.11 bits per heavy atom. The summed E-state index contributed by atoms with van der Waals surface area (Å²) in [6, 6.07) is 11.5. The minimum absolute atomic E-state index is 0.0810. The Bertz CT molecular complexity index is 599. The maximum atomic E-state index is 12.3. The minimum atomic E-state index is -0.0810. The largest absolute Gasteiger partial charge is 0.399 e. The molecular weight excluding hydrogens is 238 g/mol. The molecule has 0 bridgehead atoms. The lowest BCUT2D eigenvalue weighted by Crippen LogP contribution is -2.23. The van der Waals surface area contributed by atoms with Crippen LogP contribution in [0, 0.1) is 0 Å². The predicted octanol–water partition coefficient (Wildman–Crippen LogP) is 3.05. The van der Waals surface area contributed by atoms with Crippen LogP contribution in [0.15, 0.2) is 42.6 Å². The number of nitrogens with one attached hydrogen (secondary N) is 1. The zero-order valence-electron chi connectivity index (χ0n) is 10.7. The molecule has 0 unspecified atom stereocenters. The quantitative estimate of drug-likeness (QED) is 0.828. The summed E-state index contributed by atoms with van der Waals surface area (Å²) in [5.74, 6) is -0.0810. The summed E-state index contributed by atoms with van der Waals surface area (Å²) >= 11 is 0. The zero-order valence-corrected chi connectivity index (χ0v) is 10.7. The van der Waals surface area contributed by atoms with E-state index in [9.17, 15) is 4.79 Å². The number of rotatable bonds is 3. The molecule has 0 radical (unpaired) electrons. The Morgan fingerprint density at radius 3 is 2.79 bits per heavy atom. The Balaban J connectivity index is 1.79. The molecule has 19 heavy (non-hydrogen) atoms. The number of nitrogens with zero attached hydrogens (tertiary/aromatic N) is 1. The third-order valence-electron chi connectivity index (χ3n) is 3.62. The van der Waals surface area contributed by atoms with Crippen LogP contribution in [-0.4, -0.2) is 10.5 Å². The molecule has 1 aromatic heterocycles. The van der Waals surface area contributed by atoms with E-state index in [0.29, 0.717) is 17.4 Å². The van der Waals surface area contributed by atoms with Crippen LogP contribution in [0.2, 0.25) is 0 Å². The van der Waals surface area contributed by atoms with Crippen molar-refractivity contribution in [3.05, 3.63) is 48.3 Å². The fourth-order valence-corrected chi connectivity index (χ4v) is 2.38. The van der Waals surface area contributed by atoms with Crippen LogP contribution >= 0.6 is 0 Å². The van der Waals surface area contributed by atoms with Gasteiger partial charge in [0.05, 0.1) is 0 Å². The Kier molecular flexibility index (Phi) is 2.99. The molecule has 98 valence electrons. The summed E-state index contributed by atoms with van der Waals surface area (Å²) in [5.41, 5.74) is 7.79. The second kappa shape index (κ2) is 4.80. The van der Waals surface area contributed by atoms with Gasteiger partial charge in [0.2, 0.25) is 0 Å². The van der Waals surface area contributed by atoms with E-state index in [-0.39, 0.29) is 5.91 Å². The number of hydrogen-bond acceptors (Lipinski definition) is 2. The van der Waals surface area contributed by atoms with Gasteiger partial charge in [0, 0.05) is 23.6 Å². The van der Waals surface area contributed by atoms with Crippen molar-refractivity contribution in [2.75, 3.05) is 11.1 Å². The molecule has 4 heteroatoms. The van der Waals surface area contributed by atoms with Crippen molar-refractivity contribution in [3.63, 3.8) is 0 Å². The van der Waals surface area contributed by atoms with Crippen molar-refractivity contribution in [1.29, 1.82) is 0 Å². The SMILES string of the molecule is Nc1cccc(NC(=O)c2cccn2C2CCC2)c1. The first kappa shape index (κ1) is 11.8. The second-order valence-corrected chi connectivity index (χ2v) is 4.97. The summed E-state index contributed by atoms with van der Waals surface area (Å²) in [7, 11) is 0. The molecule has 0 spiro atoms. The number of anilines is 2. The highest BCUT2D eigenvalue weighted by atomic mass is 16.1. The second-order valence-electron chi connectivity index (χ2n) is 4.97. The zero-order chi connectivity index (χ0) is 13.2. The molecule has 1 fully saturated rings. The van der Waals surface area contributed by atoms with Crippen LogP contribution < -0.4 is 11.1 Å². The van der Waals surface area contributed by atoms with Gasteiger partial charge in [-0.3, -0.25) is 4.79 Å². The molecule has 3 rings (SSSR count). The van der Waals surface area contributed by atoms with E-state index in [4.69, 9.17) is 5.73 Å². The molecule has 1 aromatic carbocycles. The Labute approximate surface area is 112 Å². The summed E-state index contributed by atoms with van der Waals surface area (Å²) in [5, 5.41) is 2.89. The number of nitrogens with two attached hydrogens (primary N) is 1. The van der Waals surface area contributed by atoms with E-state index in [1.54, 1.807) is 12.1 Å². The van der Waals surface area contributed by atoms with Gasteiger partial charge in [0.25, 0.3) is 5.91 Å². The summed E-state index contributed by atoms with van der Waals surface area (Å²) in [6.07, 6.45) is 5.55. The van der Waals surface area contributed by atoms with Gasteiger partial charge in [0.15, 0.2) is 0 Å². The van der Waals surface area contributed by atoms with Crippen LogP contribution in [-0.2, 0) is 0 Å². The summed E-state index contributed by atoms with van der Waals surface area (Å²) < 4.78 is 2.07. The lowest BCUT2D eigenvalue weighted by molar-refractivity contribution is 0.101. The van der Waals surface area contributed by atoms with Gasteiger partial charge in [-0.25, -0.2) is 0 Å². The highest BCUT2D eigenvalue weighted by molar-refractivity contribution is 6.03. The van der Waals surface area contributed by atoms with Crippen molar-refractivity contribution in [1.82, 2.24) is 4.57 Å². The molecular formula is C15H17N3O. The predicted molar refractivity (Wildman–Crippen MR) is 76.1 cm³/mol. The van der Waals surface area contributed by atoms with Crippen LogP contribution in [0.5, 0.6) is 0 Å². The van der Waals surface area contributed by atoms with Gasteiger partial charge in [0.1, 0.15) is 5.69 Å². The molecule has 1 saturated carbocycles. The number of nitrogen functional groups attached to an aromatic ring is 1. The van der Waals surface area contributed by atoms with Crippen molar-refractivity contribution in [2.24, 2.45) is 0 Å². The number of benzene rings is 1. The van der Waals surface area contributed by atoms with E-state index in [0.717, 1.165) is 18.5 Å². The van der Waals surface area contributed by atoms with Gasteiger partial charge in [-0.1, -0.05) is 6.07 Å². The van der Waals surface area contributed by atoms with E-state index < -0.39 is 0 Å². The Hall–Kier alpha value is -2.23. The van der Waals surface area contributed by atoms with E-state index >= 15 is 0 Å². The fraction of sp³-hybridized carbons (Fsp3) is 0.267. The maximum Gasteiger partial charge on any atom is 0.272 e. The molecule has 1 heterocycles. The number of amides is 1. The van der Waals surface area contributed by atoms with Crippen LogP contribution in [0.4, 0.5) is 11.4 Å². The van der Waals surface area contributed by atoms with Gasteiger partial charge in [-0.2, -0.15) is 0 Å². The van der Waals surface area contributed by atoms with Gasteiger partial charge in [-0.05, 0) is 49.6 Å². The fourth-order valence-electron chi connectivity index (χ4n) is 2.38.